The van der Waals surface area contributed by atoms with Gasteiger partial charge in [0.1, 0.15) is 11.6 Å². The highest BCUT2D eigenvalue weighted by molar-refractivity contribution is 6.31. The molecular formula is C12H9ClFNO. The minimum atomic E-state index is -0.506. The molecule has 0 fully saturated rings. The summed E-state index contributed by atoms with van der Waals surface area (Å²) in [7, 11) is 0. The molecule has 0 aliphatic rings. The number of nitrogens with two attached hydrogens (primary N) is 1. The summed E-state index contributed by atoms with van der Waals surface area (Å²) in [6.07, 6.45) is 0. The molecule has 0 unspecified atom stereocenters. The van der Waals surface area contributed by atoms with Gasteiger partial charge in [0.05, 0.1) is 10.7 Å². The summed E-state index contributed by atoms with van der Waals surface area (Å²) in [5.74, 6) is -0.579. The molecule has 0 amide bonds. The van der Waals surface area contributed by atoms with Gasteiger partial charge in [0, 0.05) is 5.56 Å². The van der Waals surface area contributed by atoms with Gasteiger partial charge >= 0.3 is 0 Å². The molecule has 0 radical (unpaired) electrons. The van der Waals surface area contributed by atoms with E-state index in [1.807, 2.05) is 0 Å². The number of phenolic OH excluding ortho intramolecular Hbond substituents is 1. The Kier molecular flexibility index (Phi) is 2.71. The third kappa shape index (κ3) is 1.82. The Morgan fingerprint density at radius 1 is 1.19 bits per heavy atom. The number of nitrogen functional groups attached to an aromatic ring is 1. The van der Waals surface area contributed by atoms with Gasteiger partial charge in [0.15, 0.2) is 0 Å². The van der Waals surface area contributed by atoms with Crippen molar-refractivity contribution >= 4 is 17.3 Å². The third-order valence-electron chi connectivity index (χ3n) is 2.29. The number of aromatic hydroxyl groups is 1. The van der Waals surface area contributed by atoms with Crippen LogP contribution in [0.1, 0.15) is 0 Å². The Morgan fingerprint density at radius 2 is 1.94 bits per heavy atom. The molecule has 0 aliphatic carbocycles. The van der Waals surface area contributed by atoms with Crippen LogP contribution >= 0.6 is 11.6 Å². The molecule has 2 rings (SSSR count). The van der Waals surface area contributed by atoms with Gasteiger partial charge in [-0.15, -0.1) is 0 Å². The fraction of sp³-hybridized carbons (Fsp3) is 0. The van der Waals surface area contributed by atoms with Crippen LogP contribution in [0.3, 0.4) is 0 Å². The van der Waals surface area contributed by atoms with Crippen molar-refractivity contribution in [1.82, 2.24) is 0 Å². The Balaban J connectivity index is 2.59. The van der Waals surface area contributed by atoms with Crippen LogP contribution in [0.25, 0.3) is 11.1 Å². The SMILES string of the molecule is Nc1ccc(-c2cccc(Cl)c2F)cc1O. The molecule has 0 aromatic heterocycles. The van der Waals surface area contributed by atoms with Crippen LogP contribution < -0.4 is 5.73 Å². The molecule has 0 spiro atoms. The second-order valence-corrected chi connectivity index (χ2v) is 3.78. The van der Waals surface area contributed by atoms with Crippen molar-refractivity contribution in [2.45, 2.75) is 0 Å². The summed E-state index contributed by atoms with van der Waals surface area (Å²) in [5.41, 5.74) is 6.59. The van der Waals surface area contributed by atoms with Crippen molar-refractivity contribution in [1.29, 1.82) is 0 Å². The van der Waals surface area contributed by atoms with Gasteiger partial charge in [-0.1, -0.05) is 29.8 Å². The minimum absolute atomic E-state index is 0.0498. The smallest absolute Gasteiger partial charge is 0.149 e. The summed E-state index contributed by atoms with van der Waals surface area (Å²) < 4.78 is 13.7. The van der Waals surface area contributed by atoms with Crippen molar-refractivity contribution in [2.75, 3.05) is 5.73 Å². The van der Waals surface area contributed by atoms with Crippen LogP contribution in [0.5, 0.6) is 5.75 Å². The highest BCUT2D eigenvalue weighted by Gasteiger charge is 2.09. The standard InChI is InChI=1S/C12H9ClFNO/c13-9-3-1-2-8(12(9)14)7-4-5-10(15)11(16)6-7/h1-6,16H,15H2. The van der Waals surface area contributed by atoms with Gasteiger partial charge in [-0.05, 0) is 23.8 Å². The van der Waals surface area contributed by atoms with E-state index < -0.39 is 5.82 Å². The zero-order valence-electron chi connectivity index (χ0n) is 8.24. The summed E-state index contributed by atoms with van der Waals surface area (Å²) in [6, 6.07) is 9.26. The third-order valence-corrected chi connectivity index (χ3v) is 2.58. The lowest BCUT2D eigenvalue weighted by Gasteiger charge is -2.06. The molecule has 0 saturated carbocycles. The van der Waals surface area contributed by atoms with Crippen molar-refractivity contribution in [3.05, 3.63) is 47.2 Å². The Bertz CT molecular complexity index is 543. The lowest BCUT2D eigenvalue weighted by atomic mass is 10.0. The van der Waals surface area contributed by atoms with Crippen LogP contribution in [0.2, 0.25) is 5.02 Å². The number of anilines is 1. The van der Waals surface area contributed by atoms with Crippen LogP contribution in [-0.2, 0) is 0 Å². The zero-order chi connectivity index (χ0) is 11.7. The molecule has 2 nitrogen and oxygen atoms in total. The van der Waals surface area contributed by atoms with Crippen molar-refractivity contribution in [3.63, 3.8) is 0 Å². The van der Waals surface area contributed by atoms with E-state index in [4.69, 9.17) is 17.3 Å². The summed E-state index contributed by atoms with van der Waals surface area (Å²) in [6.45, 7) is 0. The van der Waals surface area contributed by atoms with Crippen molar-refractivity contribution in [3.8, 4) is 16.9 Å². The van der Waals surface area contributed by atoms with E-state index in [2.05, 4.69) is 0 Å². The molecule has 16 heavy (non-hydrogen) atoms. The van der Waals surface area contributed by atoms with Gasteiger partial charge in [-0.3, -0.25) is 0 Å². The first-order valence-electron chi connectivity index (χ1n) is 4.62. The first-order valence-corrected chi connectivity index (χ1v) is 5.00. The maximum Gasteiger partial charge on any atom is 0.149 e. The van der Waals surface area contributed by atoms with Gasteiger partial charge in [-0.25, -0.2) is 4.39 Å². The lowest BCUT2D eigenvalue weighted by molar-refractivity contribution is 0.478. The number of hydrogen-bond donors (Lipinski definition) is 2. The first kappa shape index (κ1) is 10.8. The predicted molar refractivity (Wildman–Crippen MR) is 62.9 cm³/mol. The monoisotopic (exact) mass is 237 g/mol. The van der Waals surface area contributed by atoms with Crippen molar-refractivity contribution < 1.29 is 9.50 Å². The first-order chi connectivity index (χ1) is 7.59. The molecule has 0 saturated heterocycles. The lowest BCUT2D eigenvalue weighted by Crippen LogP contribution is -1.88. The predicted octanol–water partition coefficient (Wildman–Crippen LogP) is 3.43. The normalized spacial score (nSPS) is 10.4. The number of rotatable bonds is 1. The second-order valence-electron chi connectivity index (χ2n) is 3.37. The highest BCUT2D eigenvalue weighted by Crippen LogP contribution is 2.31. The van der Waals surface area contributed by atoms with Gasteiger partial charge < -0.3 is 10.8 Å². The van der Waals surface area contributed by atoms with Crippen molar-refractivity contribution in [2.24, 2.45) is 0 Å². The topological polar surface area (TPSA) is 46.2 Å². The number of benzene rings is 2. The molecule has 2 aromatic carbocycles. The van der Waals surface area contributed by atoms with Gasteiger partial charge in [0.25, 0.3) is 0 Å². The van der Waals surface area contributed by atoms with Crippen LogP contribution in [0, 0.1) is 5.82 Å². The fourth-order valence-corrected chi connectivity index (χ4v) is 1.61. The average Bonchev–Trinajstić information content (AvgIpc) is 2.26. The van der Waals surface area contributed by atoms with Gasteiger partial charge in [-0.2, -0.15) is 0 Å². The van der Waals surface area contributed by atoms with Crippen LogP contribution in [0.15, 0.2) is 36.4 Å². The number of hydrogen-bond acceptors (Lipinski definition) is 2. The quantitative estimate of drug-likeness (QED) is 0.590. The van der Waals surface area contributed by atoms with Crippen LogP contribution in [0.4, 0.5) is 10.1 Å². The second kappa shape index (κ2) is 4.02. The molecule has 3 N–H and O–H groups in total. The molecule has 0 heterocycles. The molecule has 82 valence electrons. The molecule has 0 atom stereocenters. The molecular weight excluding hydrogens is 229 g/mol. The van der Waals surface area contributed by atoms with E-state index in [1.165, 1.54) is 18.2 Å². The largest absolute Gasteiger partial charge is 0.506 e. The molecule has 0 bridgehead atoms. The minimum Gasteiger partial charge on any atom is -0.506 e. The van der Waals surface area contributed by atoms with E-state index in [9.17, 15) is 9.50 Å². The van der Waals surface area contributed by atoms with E-state index in [1.54, 1.807) is 18.2 Å². The molecule has 2 aromatic rings. The Hall–Kier alpha value is -1.74. The maximum absolute atomic E-state index is 13.7. The van der Waals surface area contributed by atoms with E-state index >= 15 is 0 Å². The number of halogens is 2. The van der Waals surface area contributed by atoms with Crippen LogP contribution in [-0.4, -0.2) is 5.11 Å². The summed E-state index contributed by atoms with van der Waals surface area (Å²) >= 11 is 5.67. The summed E-state index contributed by atoms with van der Waals surface area (Å²) in [4.78, 5) is 0. The number of phenols is 1. The van der Waals surface area contributed by atoms with E-state index in [-0.39, 0.29) is 16.5 Å². The Labute approximate surface area is 97.1 Å². The van der Waals surface area contributed by atoms with Gasteiger partial charge in [0.2, 0.25) is 0 Å². The molecule has 4 heteroatoms. The Morgan fingerprint density at radius 3 is 2.62 bits per heavy atom. The highest BCUT2D eigenvalue weighted by atomic mass is 35.5. The fourth-order valence-electron chi connectivity index (χ4n) is 1.44. The zero-order valence-corrected chi connectivity index (χ0v) is 9.00. The maximum atomic E-state index is 13.7. The van der Waals surface area contributed by atoms with E-state index in [0.29, 0.717) is 11.1 Å². The average molecular weight is 238 g/mol. The summed E-state index contributed by atoms with van der Waals surface area (Å²) in [5, 5.41) is 9.49. The molecule has 0 aliphatic heterocycles. The van der Waals surface area contributed by atoms with E-state index in [0.717, 1.165) is 0 Å².